The molecule has 3 nitrogen and oxygen atoms in total. The van der Waals surface area contributed by atoms with Crippen LogP contribution in [0.4, 0.5) is 0 Å². The van der Waals surface area contributed by atoms with Crippen LogP contribution < -0.4 is 0 Å². The summed E-state index contributed by atoms with van der Waals surface area (Å²) in [6, 6.07) is 0. The number of hydrogen-bond acceptors (Lipinski definition) is 3. The molecule has 1 aliphatic rings. The van der Waals surface area contributed by atoms with E-state index in [2.05, 4.69) is 47.7 Å². The normalized spacial score (nSPS) is 22.4. The highest BCUT2D eigenvalue weighted by atomic mass is 28.4. The van der Waals surface area contributed by atoms with Crippen LogP contribution in [-0.4, -0.2) is 26.5 Å². The second kappa shape index (κ2) is 5.17. The molecule has 0 fully saturated rings. The molecule has 0 amide bonds. The summed E-state index contributed by atoms with van der Waals surface area (Å²) in [6.45, 7) is 15.3. The van der Waals surface area contributed by atoms with Gasteiger partial charge in [-0.15, -0.1) is 0 Å². The van der Waals surface area contributed by atoms with Crippen LogP contribution in [0.25, 0.3) is 0 Å². The van der Waals surface area contributed by atoms with Crippen molar-refractivity contribution in [3.05, 3.63) is 12.2 Å². The van der Waals surface area contributed by atoms with Crippen LogP contribution in [0, 0.1) is 5.92 Å². The SMILES string of the molecule is CC(C)[C@H](O[Si](C)(C)C(C)(C)C)[C@@H]1C=CC(=O)O1. The van der Waals surface area contributed by atoms with Crippen molar-refractivity contribution in [2.45, 2.75) is 65.0 Å². The molecule has 1 heterocycles. The van der Waals surface area contributed by atoms with Crippen LogP contribution in [0.15, 0.2) is 12.2 Å². The van der Waals surface area contributed by atoms with Gasteiger partial charge in [-0.25, -0.2) is 4.79 Å². The Bertz CT molecular complexity index is 339. The van der Waals surface area contributed by atoms with Crippen LogP contribution in [0.3, 0.4) is 0 Å². The Kier molecular flexibility index (Phi) is 4.44. The van der Waals surface area contributed by atoms with Crippen LogP contribution >= 0.6 is 0 Å². The van der Waals surface area contributed by atoms with E-state index < -0.39 is 8.32 Å². The van der Waals surface area contributed by atoms with Crippen molar-refractivity contribution in [2.24, 2.45) is 5.92 Å². The van der Waals surface area contributed by atoms with Crippen molar-refractivity contribution in [1.29, 1.82) is 0 Å². The molecule has 18 heavy (non-hydrogen) atoms. The van der Waals surface area contributed by atoms with Gasteiger partial charge in [-0.2, -0.15) is 0 Å². The molecule has 2 atom stereocenters. The van der Waals surface area contributed by atoms with Gasteiger partial charge in [0.2, 0.25) is 0 Å². The zero-order valence-corrected chi connectivity index (χ0v) is 13.6. The molecule has 0 aromatic carbocycles. The lowest BCUT2D eigenvalue weighted by molar-refractivity contribution is -0.143. The maximum Gasteiger partial charge on any atom is 0.331 e. The summed E-state index contributed by atoms with van der Waals surface area (Å²) in [4.78, 5) is 11.2. The monoisotopic (exact) mass is 270 g/mol. The van der Waals surface area contributed by atoms with Crippen molar-refractivity contribution < 1.29 is 14.0 Å². The van der Waals surface area contributed by atoms with E-state index in [4.69, 9.17) is 9.16 Å². The molecule has 1 rings (SSSR count). The average Bonchev–Trinajstić information content (AvgIpc) is 2.59. The van der Waals surface area contributed by atoms with Gasteiger partial charge in [0.05, 0.1) is 6.10 Å². The number of hydrogen-bond donors (Lipinski definition) is 0. The maximum atomic E-state index is 11.2. The Hall–Kier alpha value is -0.613. The molecule has 0 spiro atoms. The fourth-order valence-corrected chi connectivity index (χ4v) is 3.10. The lowest BCUT2D eigenvalue weighted by Gasteiger charge is -2.41. The third-order valence-corrected chi connectivity index (χ3v) is 8.37. The fraction of sp³-hybridized carbons (Fsp3) is 0.786. The van der Waals surface area contributed by atoms with E-state index in [0.717, 1.165) is 0 Å². The highest BCUT2D eigenvalue weighted by Gasteiger charge is 2.42. The number of carbonyl (C=O) groups is 1. The topological polar surface area (TPSA) is 35.5 Å². The first-order valence-corrected chi connectivity index (χ1v) is 9.52. The minimum Gasteiger partial charge on any atom is -0.452 e. The molecule has 104 valence electrons. The third-order valence-electron chi connectivity index (χ3n) is 3.89. The summed E-state index contributed by atoms with van der Waals surface area (Å²) in [5.74, 6) is 0.0594. The maximum absolute atomic E-state index is 11.2. The van der Waals surface area contributed by atoms with E-state index in [9.17, 15) is 4.79 Å². The fourth-order valence-electron chi connectivity index (χ4n) is 1.66. The highest BCUT2D eigenvalue weighted by molar-refractivity contribution is 6.74. The second-order valence-corrected chi connectivity index (χ2v) is 11.6. The van der Waals surface area contributed by atoms with Gasteiger partial charge in [0.25, 0.3) is 0 Å². The van der Waals surface area contributed by atoms with Crippen molar-refractivity contribution in [1.82, 2.24) is 0 Å². The largest absolute Gasteiger partial charge is 0.452 e. The van der Waals surface area contributed by atoms with Crippen LogP contribution in [0.1, 0.15) is 34.6 Å². The Morgan fingerprint density at radius 3 is 2.22 bits per heavy atom. The van der Waals surface area contributed by atoms with Gasteiger partial charge in [0.15, 0.2) is 8.32 Å². The summed E-state index contributed by atoms with van der Waals surface area (Å²) in [6.07, 6.45) is 3.04. The number of ether oxygens (including phenoxy) is 1. The first-order chi connectivity index (χ1) is 8.04. The van der Waals surface area contributed by atoms with Crippen LogP contribution in [0.5, 0.6) is 0 Å². The minimum atomic E-state index is -1.85. The van der Waals surface area contributed by atoms with Crippen molar-refractivity contribution >= 4 is 14.3 Å². The quantitative estimate of drug-likeness (QED) is 0.579. The first kappa shape index (κ1) is 15.4. The highest BCUT2D eigenvalue weighted by Crippen LogP contribution is 2.39. The Balaban J connectivity index is 2.82. The van der Waals surface area contributed by atoms with Crippen molar-refractivity contribution in [3.63, 3.8) is 0 Å². The zero-order valence-electron chi connectivity index (χ0n) is 12.6. The van der Waals surface area contributed by atoms with E-state index >= 15 is 0 Å². The minimum absolute atomic E-state index is 0.0476. The lowest BCUT2D eigenvalue weighted by Crippen LogP contribution is -2.48. The molecular weight excluding hydrogens is 244 g/mol. The molecule has 0 unspecified atom stereocenters. The van der Waals surface area contributed by atoms with Gasteiger partial charge in [0.1, 0.15) is 6.10 Å². The van der Waals surface area contributed by atoms with Gasteiger partial charge in [-0.1, -0.05) is 34.6 Å². The molecule has 0 bridgehead atoms. The van der Waals surface area contributed by atoms with E-state index in [1.54, 1.807) is 0 Å². The average molecular weight is 270 g/mol. The summed E-state index contributed by atoms with van der Waals surface area (Å²) in [5, 5.41) is 0.159. The molecule has 1 aliphatic heterocycles. The summed E-state index contributed by atoms with van der Waals surface area (Å²) in [5.41, 5.74) is 0. The van der Waals surface area contributed by atoms with Crippen LogP contribution in [-0.2, 0) is 14.0 Å². The van der Waals surface area contributed by atoms with Gasteiger partial charge in [-0.05, 0) is 30.1 Å². The Morgan fingerprint density at radius 1 is 1.33 bits per heavy atom. The van der Waals surface area contributed by atoms with Gasteiger partial charge in [0, 0.05) is 6.08 Å². The summed E-state index contributed by atoms with van der Waals surface area (Å²) in [7, 11) is -1.85. The Labute approximate surface area is 112 Å². The van der Waals surface area contributed by atoms with E-state index in [1.807, 2.05) is 6.08 Å². The standard InChI is InChI=1S/C14H26O3Si/c1-10(2)13(11-8-9-12(15)16-11)17-18(6,7)14(3,4)5/h8-11,13H,1-7H3/t11-,13-/m0/s1. The molecule has 4 heteroatoms. The van der Waals surface area contributed by atoms with Crippen molar-refractivity contribution in [3.8, 4) is 0 Å². The molecule has 0 aromatic heterocycles. The molecule has 0 saturated carbocycles. The van der Waals surface area contributed by atoms with Gasteiger partial charge in [-0.3, -0.25) is 0 Å². The van der Waals surface area contributed by atoms with Crippen LogP contribution in [0.2, 0.25) is 18.1 Å². The molecule has 0 N–H and O–H groups in total. The summed E-state index contributed by atoms with van der Waals surface area (Å²) >= 11 is 0. The summed E-state index contributed by atoms with van der Waals surface area (Å²) < 4.78 is 11.7. The molecule has 0 radical (unpaired) electrons. The predicted molar refractivity (Wildman–Crippen MR) is 75.9 cm³/mol. The lowest BCUT2D eigenvalue weighted by atomic mass is 10.0. The Morgan fingerprint density at radius 2 is 1.89 bits per heavy atom. The molecule has 0 aliphatic carbocycles. The van der Waals surface area contributed by atoms with E-state index in [-0.39, 0.29) is 23.2 Å². The van der Waals surface area contributed by atoms with Gasteiger partial charge >= 0.3 is 5.97 Å². The second-order valence-electron chi connectivity index (χ2n) is 6.85. The zero-order chi connectivity index (χ0) is 14.1. The molecule has 0 aromatic rings. The van der Waals surface area contributed by atoms with Gasteiger partial charge < -0.3 is 9.16 Å². The van der Waals surface area contributed by atoms with E-state index in [0.29, 0.717) is 5.92 Å². The molecule has 0 saturated heterocycles. The molecular formula is C14H26O3Si. The predicted octanol–water partition coefficient (Wildman–Crippen LogP) is 3.51. The number of cyclic esters (lactones) is 1. The number of esters is 1. The third kappa shape index (κ3) is 3.45. The van der Waals surface area contributed by atoms with E-state index in [1.165, 1.54) is 6.08 Å². The number of carbonyl (C=O) groups excluding carboxylic acids is 1. The van der Waals surface area contributed by atoms with Crippen molar-refractivity contribution in [2.75, 3.05) is 0 Å². The smallest absolute Gasteiger partial charge is 0.331 e. The first-order valence-electron chi connectivity index (χ1n) is 6.61. The number of rotatable bonds is 4.